The van der Waals surface area contributed by atoms with Crippen LogP contribution in [0.2, 0.25) is 10.0 Å². The molecule has 1 N–H and O–H groups in total. The van der Waals surface area contributed by atoms with Gasteiger partial charge in [-0.05, 0) is 86.3 Å². The zero-order valence-electron chi connectivity index (χ0n) is 23.1. The molecule has 2 heterocycles. The SMILES string of the molecule is C[C@@]12C(=O)N(c3ccc(F)c(Cl)c3)C(=O)[C@@H]1C[C@@H]1C(=CC[C@@H]3C(=O)N(c4ccc(Cl)cc4)C(=O)[C@@H]31)[C@@H]2c1cc(Br)ccc1O. The molecular formula is C33H24BrCl2FN2O5. The van der Waals surface area contributed by atoms with Crippen molar-refractivity contribution < 1.29 is 28.7 Å². The van der Waals surface area contributed by atoms with Crippen molar-refractivity contribution in [2.45, 2.75) is 25.7 Å². The van der Waals surface area contributed by atoms with Crippen molar-refractivity contribution in [1.82, 2.24) is 0 Å². The van der Waals surface area contributed by atoms with E-state index in [9.17, 15) is 28.7 Å². The Bertz CT molecular complexity index is 1830. The van der Waals surface area contributed by atoms with Crippen LogP contribution in [-0.4, -0.2) is 28.7 Å². The molecule has 7 rings (SSSR count). The van der Waals surface area contributed by atoms with Crippen molar-refractivity contribution in [3.63, 3.8) is 0 Å². The number of fused-ring (bicyclic) bond motifs is 4. The first-order chi connectivity index (χ1) is 20.9. The van der Waals surface area contributed by atoms with E-state index in [0.29, 0.717) is 20.7 Å². The van der Waals surface area contributed by atoms with E-state index in [2.05, 4.69) is 15.9 Å². The number of amides is 4. The Hall–Kier alpha value is -3.53. The Kier molecular flexibility index (Phi) is 6.81. The lowest BCUT2D eigenvalue weighted by Crippen LogP contribution is -2.48. The van der Waals surface area contributed by atoms with Gasteiger partial charge in [0.2, 0.25) is 23.6 Å². The minimum atomic E-state index is -1.37. The third-order valence-corrected chi connectivity index (χ3v) is 10.9. The average molecular weight is 698 g/mol. The van der Waals surface area contributed by atoms with Gasteiger partial charge in [0.15, 0.2) is 0 Å². The first-order valence-electron chi connectivity index (χ1n) is 14.1. The summed E-state index contributed by atoms with van der Waals surface area (Å²) in [6.45, 7) is 1.71. The van der Waals surface area contributed by atoms with Crippen molar-refractivity contribution in [1.29, 1.82) is 0 Å². The second-order valence-electron chi connectivity index (χ2n) is 12.0. The number of nitrogens with zero attached hydrogens (tertiary/aromatic N) is 2. The summed E-state index contributed by atoms with van der Waals surface area (Å²) in [4.78, 5) is 58.7. The van der Waals surface area contributed by atoms with Gasteiger partial charge < -0.3 is 5.11 Å². The lowest BCUT2D eigenvalue weighted by Gasteiger charge is -2.49. The number of hydrogen-bond acceptors (Lipinski definition) is 5. The zero-order chi connectivity index (χ0) is 31.2. The summed E-state index contributed by atoms with van der Waals surface area (Å²) in [5, 5.41) is 11.4. The predicted molar refractivity (Wildman–Crippen MR) is 166 cm³/mol. The van der Waals surface area contributed by atoms with Gasteiger partial charge in [-0.25, -0.2) is 9.29 Å². The van der Waals surface area contributed by atoms with Crippen LogP contribution in [0, 0.1) is 34.9 Å². The fourth-order valence-corrected chi connectivity index (χ4v) is 8.51. The van der Waals surface area contributed by atoms with E-state index < -0.39 is 52.6 Å². The predicted octanol–water partition coefficient (Wildman–Crippen LogP) is 7.04. The molecule has 7 nitrogen and oxygen atoms in total. The average Bonchev–Trinajstić information content (AvgIpc) is 3.36. The number of allylic oxidation sites excluding steroid dienone is 2. The lowest BCUT2D eigenvalue weighted by atomic mass is 9.51. The van der Waals surface area contributed by atoms with Crippen molar-refractivity contribution in [2.75, 3.05) is 9.80 Å². The van der Waals surface area contributed by atoms with Crippen molar-refractivity contribution in [2.24, 2.45) is 29.1 Å². The van der Waals surface area contributed by atoms with Gasteiger partial charge in [-0.2, -0.15) is 0 Å². The standard InChI is InChI=1S/C33H24BrCl2FN2O5/c1-33-23(30(42)39(32(33)44)18-7-10-25(37)24(36)13-18)14-21-19(28(33)22-12-15(34)2-11-26(22)40)8-9-20-27(21)31(43)38(29(20)41)17-5-3-16(35)4-6-17/h2-8,10-13,20-21,23,27-28,40H,9,14H2,1H3/t20-,21+,23-,27-,28+,33+/m0/s1. The molecule has 44 heavy (non-hydrogen) atoms. The first kappa shape index (κ1) is 29.2. The summed E-state index contributed by atoms with van der Waals surface area (Å²) in [7, 11) is 0. The van der Waals surface area contributed by atoms with E-state index >= 15 is 0 Å². The molecule has 3 aromatic rings. The van der Waals surface area contributed by atoms with E-state index in [-0.39, 0.29) is 41.1 Å². The second kappa shape index (κ2) is 10.3. The molecule has 2 saturated heterocycles. The van der Waals surface area contributed by atoms with E-state index in [1.54, 1.807) is 43.3 Å². The van der Waals surface area contributed by atoms with Gasteiger partial charge in [0, 0.05) is 21.0 Å². The number of rotatable bonds is 3. The maximum absolute atomic E-state index is 14.4. The van der Waals surface area contributed by atoms with Gasteiger partial charge >= 0.3 is 0 Å². The molecule has 3 aromatic carbocycles. The fraction of sp³-hybridized carbons (Fsp3) is 0.273. The van der Waals surface area contributed by atoms with Crippen LogP contribution in [0.1, 0.15) is 31.2 Å². The third kappa shape index (κ3) is 4.05. The van der Waals surface area contributed by atoms with Crippen LogP contribution in [0.5, 0.6) is 5.75 Å². The van der Waals surface area contributed by atoms with Crippen LogP contribution in [0.4, 0.5) is 15.8 Å². The maximum atomic E-state index is 14.4. The number of imide groups is 2. The van der Waals surface area contributed by atoms with Gasteiger partial charge in [-0.3, -0.25) is 24.1 Å². The molecule has 3 fully saturated rings. The number of aromatic hydroxyl groups is 1. The maximum Gasteiger partial charge on any atom is 0.241 e. The molecule has 0 bridgehead atoms. The van der Waals surface area contributed by atoms with E-state index in [1.165, 1.54) is 23.1 Å². The number of carbonyl (C=O) groups excluding carboxylic acids is 4. The summed E-state index contributed by atoms with van der Waals surface area (Å²) >= 11 is 15.6. The molecule has 2 aliphatic heterocycles. The zero-order valence-corrected chi connectivity index (χ0v) is 26.2. The van der Waals surface area contributed by atoms with Crippen LogP contribution in [0.15, 0.2) is 76.8 Å². The smallest absolute Gasteiger partial charge is 0.241 e. The van der Waals surface area contributed by atoms with E-state index in [0.717, 1.165) is 16.5 Å². The quantitative estimate of drug-likeness (QED) is 0.234. The Morgan fingerprint density at radius 3 is 2.30 bits per heavy atom. The van der Waals surface area contributed by atoms with Gasteiger partial charge in [0.05, 0.1) is 39.6 Å². The first-order valence-corrected chi connectivity index (χ1v) is 15.6. The Morgan fingerprint density at radius 2 is 1.59 bits per heavy atom. The number of hydrogen-bond donors (Lipinski definition) is 1. The highest BCUT2D eigenvalue weighted by Gasteiger charge is 2.68. The van der Waals surface area contributed by atoms with Crippen LogP contribution in [-0.2, 0) is 19.2 Å². The monoisotopic (exact) mass is 696 g/mol. The molecule has 1 saturated carbocycles. The molecular weight excluding hydrogens is 674 g/mol. The Balaban J connectivity index is 1.38. The molecule has 4 amide bonds. The molecule has 0 unspecified atom stereocenters. The number of anilines is 2. The van der Waals surface area contributed by atoms with Crippen LogP contribution < -0.4 is 9.80 Å². The van der Waals surface area contributed by atoms with Crippen LogP contribution in [0.25, 0.3) is 0 Å². The fourth-order valence-electron chi connectivity index (χ4n) is 7.83. The Morgan fingerprint density at radius 1 is 0.886 bits per heavy atom. The summed E-state index contributed by atoms with van der Waals surface area (Å²) in [6, 6.07) is 15.0. The number of halogens is 4. The summed E-state index contributed by atoms with van der Waals surface area (Å²) < 4.78 is 14.7. The number of phenolic OH excluding ortho intramolecular Hbond substituents is 1. The highest BCUT2D eigenvalue weighted by Crippen LogP contribution is 2.64. The molecule has 4 aliphatic rings. The molecule has 224 valence electrons. The summed E-state index contributed by atoms with van der Waals surface area (Å²) in [5.74, 6) is -6.16. The number of carbonyl (C=O) groups is 4. The highest BCUT2D eigenvalue weighted by atomic mass is 79.9. The van der Waals surface area contributed by atoms with Gasteiger partial charge in [-0.15, -0.1) is 0 Å². The van der Waals surface area contributed by atoms with E-state index in [4.69, 9.17) is 23.2 Å². The van der Waals surface area contributed by atoms with Gasteiger partial charge in [0.1, 0.15) is 11.6 Å². The normalized spacial score (nSPS) is 29.5. The van der Waals surface area contributed by atoms with Crippen molar-refractivity contribution >= 4 is 74.1 Å². The minimum absolute atomic E-state index is 0.0676. The third-order valence-electron chi connectivity index (χ3n) is 9.82. The lowest BCUT2D eigenvalue weighted by molar-refractivity contribution is -0.131. The molecule has 0 aromatic heterocycles. The van der Waals surface area contributed by atoms with Gasteiger partial charge in [-0.1, -0.05) is 50.8 Å². The minimum Gasteiger partial charge on any atom is -0.508 e. The van der Waals surface area contributed by atoms with Crippen molar-refractivity contribution in [3.8, 4) is 5.75 Å². The number of phenols is 1. The highest BCUT2D eigenvalue weighted by molar-refractivity contribution is 9.10. The molecule has 6 atom stereocenters. The van der Waals surface area contributed by atoms with Crippen LogP contribution in [0.3, 0.4) is 0 Å². The largest absolute Gasteiger partial charge is 0.508 e. The Labute approximate surface area is 270 Å². The molecule has 2 aliphatic carbocycles. The molecule has 0 radical (unpaired) electrons. The van der Waals surface area contributed by atoms with Crippen LogP contribution >= 0.6 is 39.1 Å². The van der Waals surface area contributed by atoms with Gasteiger partial charge in [0.25, 0.3) is 0 Å². The summed E-state index contributed by atoms with van der Waals surface area (Å²) in [6.07, 6.45) is 2.30. The molecule has 0 spiro atoms. The van der Waals surface area contributed by atoms with E-state index in [1.807, 2.05) is 6.08 Å². The molecule has 11 heteroatoms. The second-order valence-corrected chi connectivity index (χ2v) is 13.7. The number of benzene rings is 3. The summed E-state index contributed by atoms with van der Waals surface area (Å²) in [5.41, 5.74) is 0.335. The topological polar surface area (TPSA) is 95.0 Å². The van der Waals surface area contributed by atoms with Crippen molar-refractivity contribution in [3.05, 3.63) is 98.2 Å².